The molecule has 0 bridgehead atoms. The first-order valence-electron chi connectivity index (χ1n) is 8.33. The van der Waals surface area contributed by atoms with Gasteiger partial charge in [0.2, 0.25) is 0 Å². The highest BCUT2D eigenvalue weighted by atomic mass is 79.9. The molecule has 0 N–H and O–H groups in total. The van der Waals surface area contributed by atoms with Gasteiger partial charge in [0.1, 0.15) is 0 Å². The Balaban J connectivity index is 2.51. The fraction of sp³-hybridized carbons (Fsp3) is 0.429. The summed E-state index contributed by atoms with van der Waals surface area (Å²) in [7, 11) is 2.15. The molecule has 0 saturated heterocycles. The van der Waals surface area contributed by atoms with Gasteiger partial charge in [-0.3, -0.25) is 0 Å². The lowest BCUT2D eigenvalue weighted by Gasteiger charge is -2.20. The number of halogens is 2. The lowest BCUT2D eigenvalue weighted by atomic mass is 9.85. The molecule has 0 aliphatic carbocycles. The third-order valence-corrected chi connectivity index (χ3v) is 6.03. The van der Waals surface area contributed by atoms with Crippen molar-refractivity contribution in [3.8, 4) is 0 Å². The minimum atomic E-state index is 0.123. The van der Waals surface area contributed by atoms with Crippen LogP contribution in [0.1, 0.15) is 52.7 Å². The summed E-state index contributed by atoms with van der Waals surface area (Å²) in [5.74, 6) is 0. The smallest absolute Gasteiger partial charge is 0.0633 e. The van der Waals surface area contributed by atoms with Crippen LogP contribution in [0.2, 0.25) is 0 Å². The van der Waals surface area contributed by atoms with Crippen LogP contribution in [0.3, 0.4) is 0 Å². The molecule has 3 aromatic rings. The van der Waals surface area contributed by atoms with Crippen molar-refractivity contribution in [2.45, 2.75) is 52.4 Å². The molecule has 24 heavy (non-hydrogen) atoms. The Labute approximate surface area is 161 Å². The van der Waals surface area contributed by atoms with Crippen LogP contribution >= 0.6 is 31.9 Å². The molecule has 0 aliphatic heterocycles. The molecule has 1 nitrogen and oxygen atoms in total. The van der Waals surface area contributed by atoms with Crippen LogP contribution < -0.4 is 0 Å². The first kappa shape index (κ1) is 18.0. The highest BCUT2D eigenvalue weighted by Crippen LogP contribution is 2.41. The number of hydrogen-bond donors (Lipinski definition) is 0. The number of fused-ring (bicyclic) bond motifs is 3. The predicted molar refractivity (Wildman–Crippen MR) is 113 cm³/mol. The molecule has 2 aromatic carbocycles. The van der Waals surface area contributed by atoms with E-state index in [0.717, 1.165) is 8.95 Å². The van der Waals surface area contributed by atoms with Gasteiger partial charge in [-0.2, -0.15) is 0 Å². The van der Waals surface area contributed by atoms with Gasteiger partial charge in [0.05, 0.1) is 11.0 Å². The van der Waals surface area contributed by atoms with Crippen LogP contribution in [0.25, 0.3) is 21.8 Å². The Morgan fingerprint density at radius 1 is 0.667 bits per heavy atom. The monoisotopic (exact) mass is 449 g/mol. The van der Waals surface area contributed by atoms with Crippen molar-refractivity contribution in [1.29, 1.82) is 0 Å². The maximum Gasteiger partial charge on any atom is 0.0633 e. The van der Waals surface area contributed by atoms with Crippen molar-refractivity contribution >= 4 is 53.7 Å². The number of aromatic nitrogens is 1. The van der Waals surface area contributed by atoms with E-state index >= 15 is 0 Å². The van der Waals surface area contributed by atoms with E-state index in [-0.39, 0.29) is 10.8 Å². The lowest BCUT2D eigenvalue weighted by molar-refractivity contribution is 0.590. The predicted octanol–water partition coefficient (Wildman–Crippen LogP) is 7.45. The minimum absolute atomic E-state index is 0.123. The van der Waals surface area contributed by atoms with E-state index in [9.17, 15) is 0 Å². The molecule has 128 valence electrons. The van der Waals surface area contributed by atoms with Crippen LogP contribution in [-0.2, 0) is 17.9 Å². The normalized spacial score (nSPS) is 13.2. The topological polar surface area (TPSA) is 4.93 Å². The van der Waals surface area contributed by atoms with Gasteiger partial charge >= 0.3 is 0 Å². The van der Waals surface area contributed by atoms with Gasteiger partial charge in [-0.15, -0.1) is 0 Å². The van der Waals surface area contributed by atoms with Gasteiger partial charge in [0.15, 0.2) is 0 Å². The van der Waals surface area contributed by atoms with Crippen molar-refractivity contribution in [1.82, 2.24) is 4.57 Å². The summed E-state index contributed by atoms with van der Waals surface area (Å²) in [6, 6.07) is 9.25. The third-order valence-electron chi connectivity index (χ3n) is 4.82. The number of rotatable bonds is 0. The molecule has 3 rings (SSSR count). The summed E-state index contributed by atoms with van der Waals surface area (Å²) < 4.78 is 4.61. The van der Waals surface area contributed by atoms with E-state index in [1.54, 1.807) is 0 Å². The molecule has 0 saturated carbocycles. The standard InChI is InChI=1S/C21H25Br2N/c1-20(2,3)12-8-14-15-9-13(21(4,5)6)11-17(23)19(15)24(7)18(14)16(22)10-12/h8-11H,1-7H3. The zero-order valence-corrected chi connectivity index (χ0v) is 18.7. The molecule has 0 fully saturated rings. The average Bonchev–Trinajstić information content (AvgIpc) is 2.71. The highest BCUT2D eigenvalue weighted by Gasteiger charge is 2.22. The van der Waals surface area contributed by atoms with Gasteiger partial charge in [0.25, 0.3) is 0 Å². The maximum atomic E-state index is 3.82. The third kappa shape index (κ3) is 2.84. The van der Waals surface area contributed by atoms with E-state index in [4.69, 9.17) is 0 Å². The van der Waals surface area contributed by atoms with E-state index in [0.29, 0.717) is 0 Å². The lowest BCUT2D eigenvalue weighted by Crippen LogP contribution is -2.11. The van der Waals surface area contributed by atoms with Crippen molar-refractivity contribution in [3.63, 3.8) is 0 Å². The Kier molecular flexibility index (Phi) is 4.20. The summed E-state index contributed by atoms with van der Waals surface area (Å²) in [6.45, 7) is 13.6. The maximum absolute atomic E-state index is 3.82. The number of hydrogen-bond acceptors (Lipinski definition) is 0. The number of aryl methyl sites for hydroxylation is 1. The summed E-state index contributed by atoms with van der Waals surface area (Å²) in [4.78, 5) is 0. The average molecular weight is 451 g/mol. The second-order valence-corrected chi connectivity index (χ2v) is 10.5. The molecule has 3 heteroatoms. The Morgan fingerprint density at radius 2 is 1.00 bits per heavy atom. The molecule has 0 atom stereocenters. The molecule has 0 amide bonds. The van der Waals surface area contributed by atoms with Crippen molar-refractivity contribution in [2.75, 3.05) is 0 Å². The quantitative estimate of drug-likeness (QED) is 0.335. The van der Waals surface area contributed by atoms with E-state index < -0.39 is 0 Å². The van der Waals surface area contributed by atoms with Crippen LogP contribution in [0.4, 0.5) is 0 Å². The molecule has 0 radical (unpaired) electrons. The van der Waals surface area contributed by atoms with Crippen molar-refractivity contribution < 1.29 is 0 Å². The van der Waals surface area contributed by atoms with Gasteiger partial charge in [-0.05, 0) is 78.1 Å². The Morgan fingerprint density at radius 3 is 1.29 bits per heavy atom. The molecule has 1 aromatic heterocycles. The fourth-order valence-corrected chi connectivity index (χ4v) is 4.72. The number of benzene rings is 2. The van der Waals surface area contributed by atoms with E-state index in [1.807, 2.05) is 0 Å². The second kappa shape index (κ2) is 5.60. The summed E-state index contributed by atoms with van der Waals surface area (Å²) in [6.07, 6.45) is 0. The molecule has 0 spiro atoms. The highest BCUT2D eigenvalue weighted by molar-refractivity contribution is 9.11. The van der Waals surface area contributed by atoms with E-state index in [2.05, 4.69) is 109 Å². The minimum Gasteiger partial charge on any atom is -0.342 e. The van der Waals surface area contributed by atoms with Crippen LogP contribution in [-0.4, -0.2) is 4.57 Å². The molecule has 0 unspecified atom stereocenters. The van der Waals surface area contributed by atoms with E-state index in [1.165, 1.54) is 32.9 Å². The van der Waals surface area contributed by atoms with Gasteiger partial charge < -0.3 is 4.57 Å². The Hall–Kier alpha value is -0.800. The first-order valence-corrected chi connectivity index (χ1v) is 9.92. The van der Waals surface area contributed by atoms with Gasteiger partial charge in [-0.1, -0.05) is 41.5 Å². The summed E-state index contributed by atoms with van der Waals surface area (Å²) in [5.41, 5.74) is 5.46. The second-order valence-electron chi connectivity index (χ2n) is 8.77. The Bertz CT molecular complexity index is 873. The van der Waals surface area contributed by atoms with Crippen LogP contribution in [0.5, 0.6) is 0 Å². The van der Waals surface area contributed by atoms with Crippen molar-refractivity contribution in [3.05, 3.63) is 44.3 Å². The molecule has 1 heterocycles. The molecular formula is C21H25Br2N. The van der Waals surface area contributed by atoms with Crippen LogP contribution in [0, 0.1) is 0 Å². The van der Waals surface area contributed by atoms with Crippen LogP contribution in [0.15, 0.2) is 33.2 Å². The largest absolute Gasteiger partial charge is 0.342 e. The zero-order valence-electron chi connectivity index (χ0n) is 15.5. The van der Waals surface area contributed by atoms with Gasteiger partial charge in [0, 0.05) is 26.8 Å². The molecule has 0 aliphatic rings. The number of nitrogens with zero attached hydrogens (tertiary/aromatic N) is 1. The summed E-state index contributed by atoms with van der Waals surface area (Å²) >= 11 is 7.63. The fourth-order valence-electron chi connectivity index (χ4n) is 3.27. The van der Waals surface area contributed by atoms with Gasteiger partial charge in [-0.25, -0.2) is 0 Å². The molecular weight excluding hydrogens is 426 g/mol. The first-order chi connectivity index (χ1) is 10.9. The summed E-state index contributed by atoms with van der Waals surface area (Å²) in [5, 5.41) is 2.64. The zero-order chi connectivity index (χ0) is 18.0. The van der Waals surface area contributed by atoms with Crippen molar-refractivity contribution in [2.24, 2.45) is 7.05 Å². The SMILES string of the molecule is Cn1c2c(Br)cc(C(C)(C)C)cc2c2cc(C(C)(C)C)cc(Br)c21.